The number of carbonyl (C=O) groups is 8. The highest BCUT2D eigenvalue weighted by Gasteiger charge is 2.40. The number of aliphatic hydroxyl groups excluding tert-OH is 1. The quantitative estimate of drug-likeness (QED) is 0.0618. The van der Waals surface area contributed by atoms with E-state index in [1.807, 2.05) is 27.7 Å². The Kier molecular flexibility index (Phi) is 20.9. The van der Waals surface area contributed by atoms with Crippen molar-refractivity contribution < 1.29 is 53.7 Å². The molecule has 1 aliphatic rings. The van der Waals surface area contributed by atoms with Crippen molar-refractivity contribution >= 4 is 47.4 Å². The van der Waals surface area contributed by atoms with Crippen molar-refractivity contribution in [2.45, 2.75) is 149 Å². The number of rotatable bonds is 24. The number of carboxylic acid groups (broad SMARTS) is 2. The molecule has 314 valence electrons. The van der Waals surface area contributed by atoms with Crippen LogP contribution in [0.1, 0.15) is 107 Å². The molecule has 0 bridgehead atoms. The Morgan fingerprint density at radius 1 is 0.673 bits per heavy atom. The highest BCUT2D eigenvalue weighted by atomic mass is 16.4. The predicted octanol–water partition coefficient (Wildman–Crippen LogP) is -0.145. The first-order chi connectivity index (χ1) is 25.7. The van der Waals surface area contributed by atoms with Gasteiger partial charge in [-0.1, -0.05) is 68.2 Å². The lowest BCUT2D eigenvalue weighted by atomic mass is 9.96. The van der Waals surface area contributed by atoms with Crippen molar-refractivity contribution in [3.8, 4) is 0 Å². The largest absolute Gasteiger partial charge is 0.481 e. The molecule has 0 aromatic carbocycles. The number of nitrogens with two attached hydrogens (primary N) is 1. The van der Waals surface area contributed by atoms with E-state index in [-0.39, 0.29) is 37.1 Å². The normalized spacial score (nSPS) is 18.5. The first-order valence-electron chi connectivity index (χ1n) is 19.3. The van der Waals surface area contributed by atoms with E-state index >= 15 is 0 Å². The molecule has 6 amide bonds. The van der Waals surface area contributed by atoms with Gasteiger partial charge >= 0.3 is 11.9 Å². The third-order valence-electron chi connectivity index (χ3n) is 9.86. The summed E-state index contributed by atoms with van der Waals surface area (Å²) in [5, 5.41) is 41.4. The molecule has 0 radical (unpaired) electrons. The Bertz CT molecular complexity index is 1340. The second kappa shape index (κ2) is 23.6. The topological polar surface area (TPSA) is 287 Å². The summed E-state index contributed by atoms with van der Waals surface area (Å²) in [5.74, 6) is -8.22. The van der Waals surface area contributed by atoms with Crippen molar-refractivity contribution in [2.75, 3.05) is 13.2 Å². The fourth-order valence-corrected chi connectivity index (χ4v) is 6.27. The zero-order valence-electron chi connectivity index (χ0n) is 33.6. The average Bonchev–Trinajstić information content (AvgIpc) is 3.60. The van der Waals surface area contributed by atoms with Crippen LogP contribution in [-0.4, -0.2) is 123 Å². The van der Waals surface area contributed by atoms with E-state index in [1.165, 1.54) is 4.90 Å². The van der Waals surface area contributed by atoms with Crippen molar-refractivity contribution in [1.82, 2.24) is 31.5 Å². The van der Waals surface area contributed by atoms with Crippen molar-refractivity contribution in [3.05, 3.63) is 0 Å². The van der Waals surface area contributed by atoms with Gasteiger partial charge in [0.1, 0.15) is 30.2 Å². The van der Waals surface area contributed by atoms with Crippen LogP contribution in [0.5, 0.6) is 0 Å². The van der Waals surface area contributed by atoms with Gasteiger partial charge in [-0.05, 0) is 49.4 Å². The van der Waals surface area contributed by atoms with Crippen LogP contribution in [0.4, 0.5) is 0 Å². The van der Waals surface area contributed by atoms with Gasteiger partial charge in [-0.25, -0.2) is 0 Å². The molecule has 0 unspecified atom stereocenters. The Hall–Kier alpha value is -4.32. The van der Waals surface area contributed by atoms with Crippen LogP contribution in [0.25, 0.3) is 0 Å². The van der Waals surface area contributed by atoms with E-state index in [2.05, 4.69) is 26.6 Å². The van der Waals surface area contributed by atoms with E-state index in [0.29, 0.717) is 25.7 Å². The van der Waals surface area contributed by atoms with E-state index < -0.39 is 115 Å². The number of carboxylic acids is 2. The third kappa shape index (κ3) is 16.1. The molecule has 0 saturated carbocycles. The van der Waals surface area contributed by atoms with Crippen molar-refractivity contribution in [3.63, 3.8) is 0 Å². The first-order valence-corrected chi connectivity index (χ1v) is 19.3. The van der Waals surface area contributed by atoms with Crippen LogP contribution in [0, 0.1) is 23.7 Å². The number of hydrogen-bond acceptors (Lipinski definition) is 10. The van der Waals surface area contributed by atoms with Crippen molar-refractivity contribution in [2.24, 2.45) is 29.4 Å². The maximum absolute atomic E-state index is 13.8. The molecule has 0 aromatic heterocycles. The summed E-state index contributed by atoms with van der Waals surface area (Å²) in [7, 11) is 0. The van der Waals surface area contributed by atoms with Gasteiger partial charge in [-0.15, -0.1) is 0 Å². The molecule has 55 heavy (non-hydrogen) atoms. The van der Waals surface area contributed by atoms with Crippen LogP contribution < -0.4 is 32.3 Å². The summed E-state index contributed by atoms with van der Waals surface area (Å²) >= 11 is 0. The summed E-state index contributed by atoms with van der Waals surface area (Å²) in [5.41, 5.74) is 6.15. The monoisotopic (exact) mass is 783 g/mol. The standard InChI is InChI=1S/C37H65N7O11/c1-9-21(7)30(38)37(55)44-13-11-12-27(44)35(53)41-26(17-29(48)49)33(51)40-24(15-20(5)6)34(52)43-31(22(8)10-2)36(54)42-25(16-28(46)47)32(50)39-23(18-45)14-19(3)4/h19-27,30-31,45H,9-18,38H2,1-8H3,(H,39,50)(H,40,51)(H,41,53)(H,42,54)(H,43,52)(H,46,47)(H,48,49)/t21-,22-,23-,24-,25-,26-,27-,30-,31-/m0/s1. The number of nitrogens with one attached hydrogen (secondary N) is 5. The zero-order chi connectivity index (χ0) is 42.2. The lowest BCUT2D eigenvalue weighted by molar-refractivity contribution is -0.144. The highest BCUT2D eigenvalue weighted by molar-refractivity contribution is 5.98. The number of likely N-dealkylation sites (tertiary alicyclic amines) is 1. The Morgan fingerprint density at radius 2 is 1.16 bits per heavy atom. The summed E-state index contributed by atoms with van der Waals surface area (Å²) in [6.45, 7) is 14.3. The van der Waals surface area contributed by atoms with Crippen LogP contribution in [0.15, 0.2) is 0 Å². The van der Waals surface area contributed by atoms with Gasteiger partial charge in [0, 0.05) is 6.54 Å². The summed E-state index contributed by atoms with van der Waals surface area (Å²) < 4.78 is 0. The fraction of sp³-hybridized carbons (Fsp3) is 0.784. The minimum Gasteiger partial charge on any atom is -0.481 e. The van der Waals surface area contributed by atoms with Gasteiger partial charge in [0.15, 0.2) is 0 Å². The smallest absolute Gasteiger partial charge is 0.305 e. The molecule has 18 heteroatoms. The molecule has 0 aromatic rings. The minimum atomic E-state index is -1.63. The van der Waals surface area contributed by atoms with Gasteiger partial charge < -0.3 is 52.5 Å². The second-order valence-corrected chi connectivity index (χ2v) is 15.5. The maximum atomic E-state index is 13.8. The van der Waals surface area contributed by atoms with Crippen molar-refractivity contribution in [1.29, 1.82) is 0 Å². The molecule has 1 heterocycles. The average molecular weight is 784 g/mol. The molecule has 1 aliphatic heterocycles. The van der Waals surface area contributed by atoms with Gasteiger partial charge in [0.2, 0.25) is 35.4 Å². The third-order valence-corrected chi connectivity index (χ3v) is 9.86. The van der Waals surface area contributed by atoms with E-state index in [9.17, 15) is 53.7 Å². The number of amides is 6. The SMILES string of the molecule is CC[C@H](C)[C@H](N)C(=O)N1CCC[C@H]1C(=O)N[C@@H](CC(=O)O)C(=O)N[C@@H](CC(C)C)C(=O)N[C@H](C(=O)N[C@@H](CC(=O)O)C(=O)N[C@H](CO)CC(C)C)[C@@H](C)CC. The molecule has 1 rings (SSSR count). The van der Waals surface area contributed by atoms with Gasteiger partial charge in [0.25, 0.3) is 0 Å². The fourth-order valence-electron chi connectivity index (χ4n) is 6.27. The summed E-state index contributed by atoms with van der Waals surface area (Å²) in [4.78, 5) is 106. The van der Waals surface area contributed by atoms with E-state index in [4.69, 9.17) is 5.73 Å². The molecule has 10 N–H and O–H groups in total. The van der Waals surface area contributed by atoms with Gasteiger partial charge in [-0.3, -0.25) is 38.4 Å². The lowest BCUT2D eigenvalue weighted by Crippen LogP contribution is -2.61. The molecule has 9 atom stereocenters. The summed E-state index contributed by atoms with van der Waals surface area (Å²) in [6, 6.07) is -8.28. The van der Waals surface area contributed by atoms with Crippen LogP contribution in [-0.2, 0) is 38.4 Å². The van der Waals surface area contributed by atoms with Crippen LogP contribution in [0.3, 0.4) is 0 Å². The number of nitrogens with zero attached hydrogens (tertiary/aromatic N) is 1. The minimum absolute atomic E-state index is 0.0427. The number of aliphatic hydroxyl groups is 1. The number of carbonyl (C=O) groups excluding carboxylic acids is 6. The molecule has 18 nitrogen and oxygen atoms in total. The summed E-state index contributed by atoms with van der Waals surface area (Å²) in [6.07, 6.45) is 0.605. The highest BCUT2D eigenvalue weighted by Crippen LogP contribution is 2.21. The van der Waals surface area contributed by atoms with E-state index in [0.717, 1.165) is 0 Å². The first kappa shape index (κ1) is 48.7. The van der Waals surface area contributed by atoms with Crippen LogP contribution >= 0.6 is 0 Å². The molecule has 1 saturated heterocycles. The Balaban J connectivity index is 3.27. The predicted molar refractivity (Wildman–Crippen MR) is 202 cm³/mol. The molecule has 0 spiro atoms. The van der Waals surface area contributed by atoms with Gasteiger partial charge in [-0.2, -0.15) is 0 Å². The molecule has 0 aliphatic carbocycles. The Labute approximate surface area is 323 Å². The number of hydrogen-bond donors (Lipinski definition) is 9. The lowest BCUT2D eigenvalue weighted by Gasteiger charge is -2.31. The van der Waals surface area contributed by atoms with E-state index in [1.54, 1.807) is 27.7 Å². The molecular weight excluding hydrogens is 718 g/mol. The second-order valence-electron chi connectivity index (χ2n) is 15.5. The number of aliphatic carboxylic acids is 2. The van der Waals surface area contributed by atoms with Crippen LogP contribution in [0.2, 0.25) is 0 Å². The molecule has 1 fully saturated rings. The maximum Gasteiger partial charge on any atom is 0.305 e. The Morgan fingerprint density at radius 3 is 1.65 bits per heavy atom. The molecular formula is C37H65N7O11. The van der Waals surface area contributed by atoms with Gasteiger partial charge in [0.05, 0.1) is 31.5 Å². The zero-order valence-corrected chi connectivity index (χ0v) is 33.6.